The number of hydrogen-bond acceptors (Lipinski definition) is 4. The third-order valence-corrected chi connectivity index (χ3v) is 4.65. The van der Waals surface area contributed by atoms with Crippen LogP contribution in [0.2, 0.25) is 0 Å². The van der Waals surface area contributed by atoms with Crippen molar-refractivity contribution in [3.8, 4) is 5.75 Å². The number of alkyl halides is 3. The Kier molecular flexibility index (Phi) is 5.53. The fourth-order valence-corrected chi connectivity index (χ4v) is 3.20. The van der Waals surface area contributed by atoms with Crippen molar-refractivity contribution in [2.45, 2.75) is 38.5 Å². The smallest absolute Gasteiger partial charge is 0.410 e. The number of hydrogen-bond donors (Lipinski definition) is 2. The second-order valence-electron chi connectivity index (χ2n) is 7.22. The molecule has 1 aliphatic rings. The molecule has 2 heterocycles. The van der Waals surface area contributed by atoms with E-state index in [4.69, 9.17) is 4.74 Å². The Hall–Kier alpha value is -2.71. The van der Waals surface area contributed by atoms with Crippen LogP contribution in [0.3, 0.4) is 0 Å². The lowest BCUT2D eigenvalue weighted by atomic mass is 9.96. The van der Waals surface area contributed by atoms with Crippen LogP contribution in [0.25, 0.3) is 0 Å². The van der Waals surface area contributed by atoms with Gasteiger partial charge in [0, 0.05) is 13.0 Å². The summed E-state index contributed by atoms with van der Waals surface area (Å²) in [5.74, 6) is 0.393. The Morgan fingerprint density at radius 2 is 2.18 bits per heavy atom. The number of rotatable bonds is 5. The van der Waals surface area contributed by atoms with E-state index in [2.05, 4.69) is 15.7 Å². The van der Waals surface area contributed by atoms with Crippen LogP contribution in [0, 0.1) is 5.92 Å². The predicted molar refractivity (Wildman–Crippen MR) is 98.5 cm³/mol. The Morgan fingerprint density at radius 3 is 2.82 bits per heavy atom. The Morgan fingerprint density at radius 1 is 1.43 bits per heavy atom. The molecule has 6 nitrogen and oxygen atoms in total. The number of nitrogens with zero attached hydrogens (tertiary/aromatic N) is 2. The number of aromatic nitrogens is 2. The molecular formula is C19H23F3N4O2. The molecule has 0 radical (unpaired) electrons. The number of anilines is 1. The molecule has 0 saturated carbocycles. The monoisotopic (exact) mass is 396 g/mol. The molecule has 152 valence electrons. The highest BCUT2D eigenvalue weighted by atomic mass is 19.4. The summed E-state index contributed by atoms with van der Waals surface area (Å²) in [6.07, 6.45) is -3.55. The number of fused-ring (bicyclic) bond motifs is 1. The van der Waals surface area contributed by atoms with Crippen LogP contribution in [0.4, 0.5) is 19.0 Å². The SMILES string of the molecule is COc1cccc([C@H]2C[C@H](C(F)(F)F)n3ncc(C(=O)NCC(C)C)c3N2)c1. The van der Waals surface area contributed by atoms with Crippen molar-refractivity contribution in [1.29, 1.82) is 0 Å². The van der Waals surface area contributed by atoms with Crippen LogP contribution in [0.5, 0.6) is 5.75 Å². The number of benzene rings is 1. The molecule has 0 bridgehead atoms. The molecule has 0 spiro atoms. The summed E-state index contributed by atoms with van der Waals surface area (Å²) in [6.45, 7) is 4.29. The van der Waals surface area contributed by atoms with Crippen LogP contribution < -0.4 is 15.4 Å². The van der Waals surface area contributed by atoms with Gasteiger partial charge in [0.1, 0.15) is 17.1 Å². The van der Waals surface area contributed by atoms with E-state index in [1.807, 2.05) is 13.8 Å². The summed E-state index contributed by atoms with van der Waals surface area (Å²) in [6, 6.07) is 4.41. The van der Waals surface area contributed by atoms with E-state index in [0.29, 0.717) is 17.9 Å². The van der Waals surface area contributed by atoms with E-state index in [1.54, 1.807) is 24.3 Å². The van der Waals surface area contributed by atoms with Crippen molar-refractivity contribution in [3.63, 3.8) is 0 Å². The van der Waals surface area contributed by atoms with E-state index in [9.17, 15) is 18.0 Å². The zero-order chi connectivity index (χ0) is 20.5. The lowest BCUT2D eigenvalue weighted by Crippen LogP contribution is -2.36. The van der Waals surface area contributed by atoms with E-state index < -0.39 is 24.2 Å². The lowest BCUT2D eigenvalue weighted by molar-refractivity contribution is -0.173. The van der Waals surface area contributed by atoms with Crippen LogP contribution in [0.15, 0.2) is 30.5 Å². The predicted octanol–water partition coefficient (Wildman–Crippen LogP) is 3.94. The maximum Gasteiger partial charge on any atom is 0.410 e. The van der Waals surface area contributed by atoms with Gasteiger partial charge in [-0.3, -0.25) is 4.79 Å². The summed E-state index contributed by atoms with van der Waals surface area (Å²) in [4.78, 5) is 12.5. The molecule has 2 aromatic rings. The van der Waals surface area contributed by atoms with Gasteiger partial charge >= 0.3 is 6.18 Å². The molecule has 0 fully saturated rings. The molecule has 0 saturated heterocycles. The molecule has 2 atom stereocenters. The Labute approximate surface area is 161 Å². The summed E-state index contributed by atoms with van der Waals surface area (Å²) < 4.78 is 47.2. The highest BCUT2D eigenvalue weighted by Gasteiger charge is 2.47. The Bertz CT molecular complexity index is 848. The number of nitrogens with one attached hydrogen (secondary N) is 2. The molecule has 1 aromatic carbocycles. The second kappa shape index (κ2) is 7.73. The number of halogens is 3. The molecule has 9 heteroatoms. The van der Waals surface area contributed by atoms with Crippen molar-refractivity contribution in [2.75, 3.05) is 19.0 Å². The molecule has 1 amide bonds. The van der Waals surface area contributed by atoms with Gasteiger partial charge in [0.05, 0.1) is 19.3 Å². The van der Waals surface area contributed by atoms with Gasteiger partial charge < -0.3 is 15.4 Å². The standard InChI is InChI=1S/C19H23F3N4O2/c1-11(2)9-23-18(27)14-10-24-26-16(19(20,21)22)8-15(25-17(14)26)12-5-4-6-13(7-12)28-3/h4-7,10-11,15-16,25H,8-9H2,1-3H3,(H,23,27)/t15-,16-/m1/s1. The molecule has 0 aliphatic carbocycles. The van der Waals surface area contributed by atoms with Crippen LogP contribution in [-0.2, 0) is 0 Å². The van der Waals surface area contributed by atoms with Crippen LogP contribution >= 0.6 is 0 Å². The summed E-state index contributed by atoms with van der Waals surface area (Å²) in [7, 11) is 1.50. The van der Waals surface area contributed by atoms with Gasteiger partial charge in [0.2, 0.25) is 0 Å². The first-order valence-electron chi connectivity index (χ1n) is 9.03. The van der Waals surface area contributed by atoms with Crippen LogP contribution in [0.1, 0.15) is 48.3 Å². The minimum atomic E-state index is -4.49. The minimum Gasteiger partial charge on any atom is -0.497 e. The minimum absolute atomic E-state index is 0.0719. The largest absolute Gasteiger partial charge is 0.497 e. The number of ether oxygens (including phenoxy) is 1. The van der Waals surface area contributed by atoms with Gasteiger partial charge in [-0.25, -0.2) is 4.68 Å². The van der Waals surface area contributed by atoms with Gasteiger partial charge in [-0.1, -0.05) is 26.0 Å². The second-order valence-corrected chi connectivity index (χ2v) is 7.22. The maximum atomic E-state index is 13.7. The van der Waals surface area contributed by atoms with E-state index >= 15 is 0 Å². The zero-order valence-corrected chi connectivity index (χ0v) is 15.9. The molecule has 2 N–H and O–H groups in total. The topological polar surface area (TPSA) is 68.2 Å². The average molecular weight is 396 g/mol. The third-order valence-electron chi connectivity index (χ3n) is 4.65. The maximum absolute atomic E-state index is 13.7. The number of methoxy groups -OCH3 is 1. The van der Waals surface area contributed by atoms with Gasteiger partial charge in [-0.2, -0.15) is 18.3 Å². The van der Waals surface area contributed by atoms with Gasteiger partial charge in [-0.15, -0.1) is 0 Å². The van der Waals surface area contributed by atoms with E-state index in [-0.39, 0.29) is 23.7 Å². The number of carbonyl (C=O) groups excluding carboxylic acids is 1. The van der Waals surface area contributed by atoms with Crippen molar-refractivity contribution >= 4 is 11.7 Å². The van der Waals surface area contributed by atoms with E-state index in [1.165, 1.54) is 13.3 Å². The highest BCUT2D eigenvalue weighted by molar-refractivity contribution is 5.98. The first-order chi connectivity index (χ1) is 13.2. The molecule has 3 rings (SSSR count). The Balaban J connectivity index is 1.97. The lowest BCUT2D eigenvalue weighted by Gasteiger charge is -2.34. The third kappa shape index (κ3) is 4.07. The first kappa shape index (κ1) is 20.0. The van der Waals surface area contributed by atoms with Gasteiger partial charge in [0.25, 0.3) is 5.91 Å². The number of amides is 1. The first-order valence-corrected chi connectivity index (χ1v) is 9.03. The van der Waals surface area contributed by atoms with Crippen molar-refractivity contribution < 1.29 is 22.7 Å². The normalized spacial score (nSPS) is 19.1. The quantitative estimate of drug-likeness (QED) is 0.803. The fourth-order valence-electron chi connectivity index (χ4n) is 3.20. The van der Waals surface area contributed by atoms with Crippen molar-refractivity contribution in [3.05, 3.63) is 41.6 Å². The molecule has 28 heavy (non-hydrogen) atoms. The fraction of sp³-hybridized carbons (Fsp3) is 0.474. The average Bonchev–Trinajstić information content (AvgIpc) is 3.08. The summed E-state index contributed by atoms with van der Waals surface area (Å²) in [5, 5.41) is 9.66. The zero-order valence-electron chi connectivity index (χ0n) is 15.9. The summed E-state index contributed by atoms with van der Waals surface area (Å²) >= 11 is 0. The van der Waals surface area contributed by atoms with Gasteiger partial charge in [0.15, 0.2) is 6.04 Å². The number of carbonyl (C=O) groups is 1. The molecule has 0 unspecified atom stereocenters. The molecule has 1 aromatic heterocycles. The van der Waals surface area contributed by atoms with Gasteiger partial charge in [-0.05, 0) is 23.6 Å². The van der Waals surface area contributed by atoms with Crippen molar-refractivity contribution in [1.82, 2.24) is 15.1 Å². The summed E-state index contributed by atoms with van der Waals surface area (Å²) in [5.41, 5.74) is 0.747. The highest BCUT2D eigenvalue weighted by Crippen LogP contribution is 2.44. The van der Waals surface area contributed by atoms with Crippen molar-refractivity contribution in [2.24, 2.45) is 5.92 Å². The molecular weight excluding hydrogens is 373 g/mol. The molecule has 1 aliphatic heterocycles. The van der Waals surface area contributed by atoms with E-state index in [0.717, 1.165) is 4.68 Å². The van der Waals surface area contributed by atoms with Crippen LogP contribution in [-0.4, -0.2) is 35.5 Å².